The number of hydrogen-bond acceptors (Lipinski definition) is 7. The maximum Gasteiger partial charge on any atom is 0.244 e. The molecular weight excluding hydrogens is 324 g/mol. The van der Waals surface area contributed by atoms with E-state index in [-0.39, 0.29) is 12.1 Å². The van der Waals surface area contributed by atoms with Gasteiger partial charge < -0.3 is 9.63 Å². The second-order valence-corrected chi connectivity index (χ2v) is 7.69. The lowest BCUT2D eigenvalue weighted by molar-refractivity contribution is 0.0213. The molecule has 1 aliphatic carbocycles. The third-order valence-electron chi connectivity index (χ3n) is 5.35. The smallest absolute Gasteiger partial charge is 0.244 e. The molecule has 1 N–H and O–H groups in total. The highest BCUT2D eigenvalue weighted by Crippen LogP contribution is 2.28. The number of aromatic nitrogens is 2. The van der Waals surface area contributed by atoms with Crippen LogP contribution >= 0.6 is 11.3 Å². The molecule has 1 saturated heterocycles. The molecule has 0 amide bonds. The van der Waals surface area contributed by atoms with Crippen LogP contribution in [0.1, 0.15) is 38.1 Å². The van der Waals surface area contributed by atoms with Gasteiger partial charge in [0.1, 0.15) is 0 Å². The highest BCUT2D eigenvalue weighted by atomic mass is 32.1. The molecule has 130 valence electrons. The Labute approximate surface area is 146 Å². The molecule has 0 spiro atoms. The van der Waals surface area contributed by atoms with E-state index < -0.39 is 0 Å². The molecule has 1 saturated carbocycles. The molecule has 6 nitrogen and oxygen atoms in total. The molecule has 7 heteroatoms. The highest BCUT2D eigenvalue weighted by Gasteiger charge is 2.34. The molecule has 2 aromatic rings. The topological polar surface area (TPSA) is 65.6 Å². The van der Waals surface area contributed by atoms with Crippen molar-refractivity contribution in [3.05, 3.63) is 23.4 Å². The van der Waals surface area contributed by atoms with E-state index in [1.165, 1.54) is 0 Å². The van der Waals surface area contributed by atoms with Crippen LogP contribution in [0.2, 0.25) is 0 Å². The van der Waals surface area contributed by atoms with Crippen molar-refractivity contribution in [1.82, 2.24) is 19.9 Å². The van der Waals surface area contributed by atoms with E-state index in [1.54, 1.807) is 11.3 Å². The number of rotatable bonds is 4. The van der Waals surface area contributed by atoms with Crippen LogP contribution in [-0.2, 0) is 0 Å². The Morgan fingerprint density at radius 3 is 2.79 bits per heavy atom. The van der Waals surface area contributed by atoms with Crippen molar-refractivity contribution in [2.45, 2.75) is 44.4 Å². The van der Waals surface area contributed by atoms with E-state index in [0.29, 0.717) is 17.8 Å². The molecule has 2 fully saturated rings. The van der Waals surface area contributed by atoms with Crippen LogP contribution in [0.25, 0.3) is 10.7 Å². The van der Waals surface area contributed by atoms with Gasteiger partial charge in [-0.1, -0.05) is 11.2 Å². The zero-order valence-corrected chi connectivity index (χ0v) is 14.8. The summed E-state index contributed by atoms with van der Waals surface area (Å²) in [6.07, 6.45) is 3.09. The van der Waals surface area contributed by atoms with Crippen molar-refractivity contribution in [2.24, 2.45) is 0 Å². The predicted octanol–water partition coefficient (Wildman–Crippen LogP) is 2.39. The summed E-state index contributed by atoms with van der Waals surface area (Å²) >= 11 is 1.62. The normalized spacial score (nSPS) is 27.6. The summed E-state index contributed by atoms with van der Waals surface area (Å²) in [6, 6.07) is 4.49. The highest BCUT2D eigenvalue weighted by molar-refractivity contribution is 7.13. The molecule has 2 aliphatic rings. The van der Waals surface area contributed by atoms with Gasteiger partial charge in [0.25, 0.3) is 0 Å². The van der Waals surface area contributed by atoms with Gasteiger partial charge in [0.05, 0.1) is 17.0 Å². The molecule has 0 bridgehead atoms. The van der Waals surface area contributed by atoms with E-state index in [2.05, 4.69) is 26.9 Å². The summed E-state index contributed by atoms with van der Waals surface area (Å²) in [5.41, 5.74) is 0. The fourth-order valence-electron chi connectivity index (χ4n) is 3.87. The summed E-state index contributed by atoms with van der Waals surface area (Å²) in [5, 5.41) is 16.2. The molecule has 0 radical (unpaired) electrons. The Balaban J connectivity index is 1.37. The van der Waals surface area contributed by atoms with Gasteiger partial charge in [-0.3, -0.25) is 9.80 Å². The van der Waals surface area contributed by atoms with Gasteiger partial charge in [-0.2, -0.15) is 4.98 Å². The van der Waals surface area contributed by atoms with E-state index in [1.807, 2.05) is 17.5 Å². The van der Waals surface area contributed by atoms with Crippen molar-refractivity contribution in [1.29, 1.82) is 0 Å². The Bertz CT molecular complexity index is 651. The Morgan fingerprint density at radius 1 is 1.29 bits per heavy atom. The maximum atomic E-state index is 10.1. The monoisotopic (exact) mass is 348 g/mol. The lowest BCUT2D eigenvalue weighted by Gasteiger charge is -2.40. The van der Waals surface area contributed by atoms with Crippen molar-refractivity contribution in [3.63, 3.8) is 0 Å². The van der Waals surface area contributed by atoms with Crippen molar-refractivity contribution in [3.8, 4) is 10.7 Å². The van der Waals surface area contributed by atoms with Gasteiger partial charge in [0.15, 0.2) is 0 Å². The molecule has 1 aliphatic heterocycles. The number of nitrogens with zero attached hydrogens (tertiary/aromatic N) is 4. The molecule has 0 aromatic carbocycles. The van der Waals surface area contributed by atoms with E-state index in [0.717, 1.165) is 50.3 Å². The Morgan fingerprint density at radius 2 is 2.12 bits per heavy atom. The molecule has 24 heavy (non-hydrogen) atoms. The van der Waals surface area contributed by atoms with Crippen LogP contribution in [0.15, 0.2) is 22.0 Å². The summed E-state index contributed by atoms with van der Waals surface area (Å²) in [6.45, 7) is 6.07. The van der Waals surface area contributed by atoms with Crippen molar-refractivity contribution < 1.29 is 9.63 Å². The SMILES string of the molecule is CC(c1nc(-c2cccs2)no1)N1CCN(C2CCCC2O)CC1. The first-order valence-corrected chi connectivity index (χ1v) is 9.64. The summed E-state index contributed by atoms with van der Waals surface area (Å²) in [7, 11) is 0. The zero-order valence-electron chi connectivity index (χ0n) is 14.0. The van der Waals surface area contributed by atoms with Crippen molar-refractivity contribution >= 4 is 11.3 Å². The second kappa shape index (κ2) is 6.92. The lowest BCUT2D eigenvalue weighted by atomic mass is 10.1. The lowest BCUT2D eigenvalue weighted by Crippen LogP contribution is -2.52. The molecular formula is C17H24N4O2S. The minimum Gasteiger partial charge on any atom is -0.391 e. The average Bonchev–Trinajstić information content (AvgIpc) is 3.35. The first kappa shape index (κ1) is 16.2. The molecule has 3 atom stereocenters. The van der Waals surface area contributed by atoms with E-state index in [9.17, 15) is 5.11 Å². The largest absolute Gasteiger partial charge is 0.391 e. The number of piperazine rings is 1. The fraction of sp³-hybridized carbons (Fsp3) is 0.647. The fourth-order valence-corrected chi connectivity index (χ4v) is 4.52. The van der Waals surface area contributed by atoms with Gasteiger partial charge >= 0.3 is 0 Å². The van der Waals surface area contributed by atoms with Gasteiger partial charge in [-0.05, 0) is 37.6 Å². The molecule has 4 rings (SSSR count). The predicted molar refractivity (Wildman–Crippen MR) is 92.8 cm³/mol. The summed E-state index contributed by atoms with van der Waals surface area (Å²) < 4.78 is 5.50. The first-order valence-electron chi connectivity index (χ1n) is 8.76. The summed E-state index contributed by atoms with van der Waals surface area (Å²) in [5.74, 6) is 1.37. The van der Waals surface area contributed by atoms with Crippen LogP contribution in [0.4, 0.5) is 0 Å². The van der Waals surface area contributed by atoms with E-state index in [4.69, 9.17) is 4.52 Å². The van der Waals surface area contributed by atoms with Gasteiger partial charge in [-0.25, -0.2) is 0 Å². The van der Waals surface area contributed by atoms with Gasteiger partial charge in [0, 0.05) is 32.2 Å². The van der Waals surface area contributed by atoms with Crippen LogP contribution in [0.5, 0.6) is 0 Å². The summed E-state index contributed by atoms with van der Waals surface area (Å²) in [4.78, 5) is 10.5. The zero-order chi connectivity index (χ0) is 16.5. The third kappa shape index (κ3) is 3.13. The Kier molecular flexibility index (Phi) is 4.67. The van der Waals surface area contributed by atoms with Crippen LogP contribution < -0.4 is 0 Å². The van der Waals surface area contributed by atoms with E-state index >= 15 is 0 Å². The molecule has 2 aromatic heterocycles. The quantitative estimate of drug-likeness (QED) is 0.915. The third-order valence-corrected chi connectivity index (χ3v) is 6.22. The first-order chi connectivity index (χ1) is 11.7. The van der Waals surface area contributed by atoms with Crippen LogP contribution in [0.3, 0.4) is 0 Å². The second-order valence-electron chi connectivity index (χ2n) is 6.75. The standard InChI is InChI=1S/C17H24N4O2S/c1-12(17-18-16(19-23-17)15-6-3-11-24-15)20-7-9-21(10-8-20)13-4-2-5-14(13)22/h3,6,11-14,22H,2,4-5,7-10H2,1H3. The van der Waals surface area contributed by atoms with Crippen LogP contribution in [0, 0.1) is 0 Å². The number of hydrogen-bond donors (Lipinski definition) is 1. The average molecular weight is 348 g/mol. The molecule has 3 heterocycles. The number of aliphatic hydroxyl groups excluding tert-OH is 1. The van der Waals surface area contributed by atoms with Gasteiger partial charge in [0.2, 0.25) is 11.7 Å². The maximum absolute atomic E-state index is 10.1. The number of aliphatic hydroxyl groups is 1. The minimum atomic E-state index is -0.140. The van der Waals surface area contributed by atoms with Crippen LogP contribution in [-0.4, -0.2) is 63.4 Å². The number of thiophene rings is 1. The molecule has 3 unspecified atom stereocenters. The van der Waals surface area contributed by atoms with Crippen molar-refractivity contribution in [2.75, 3.05) is 26.2 Å². The van der Waals surface area contributed by atoms with Gasteiger partial charge in [-0.15, -0.1) is 11.3 Å². The minimum absolute atomic E-state index is 0.127. The Hall–Kier alpha value is -1.28.